The number of nitrogens with zero attached hydrogens (tertiary/aromatic N) is 7. The SMILES string of the molecule is CC(C)n1cc2c(-c3ccc(F)cc3F)nc(N3CCOC(c4cnn(C5CC5)c4)C3)nc2n1. The number of rotatable bonds is 5. The second kappa shape index (κ2) is 8.12. The van der Waals surface area contributed by atoms with E-state index in [1.165, 1.54) is 25.0 Å². The first kappa shape index (κ1) is 21.2. The summed E-state index contributed by atoms with van der Waals surface area (Å²) < 4.78 is 38.2. The fraction of sp³-hybridized carbons (Fsp3) is 0.417. The van der Waals surface area contributed by atoms with Crippen LogP contribution in [0, 0.1) is 11.6 Å². The fourth-order valence-corrected chi connectivity index (χ4v) is 4.29. The van der Waals surface area contributed by atoms with Crippen molar-refractivity contribution in [1.29, 1.82) is 0 Å². The predicted molar refractivity (Wildman–Crippen MR) is 122 cm³/mol. The van der Waals surface area contributed by atoms with Crippen LogP contribution < -0.4 is 4.90 Å². The second-order valence-corrected chi connectivity index (χ2v) is 9.23. The molecule has 0 bridgehead atoms. The third-order valence-corrected chi connectivity index (χ3v) is 6.36. The summed E-state index contributed by atoms with van der Waals surface area (Å²) in [7, 11) is 0. The normalized spacial score (nSPS) is 18.9. The molecule has 3 aromatic heterocycles. The second-order valence-electron chi connectivity index (χ2n) is 9.23. The molecule has 10 heteroatoms. The number of morpholine rings is 1. The van der Waals surface area contributed by atoms with Crippen LogP contribution >= 0.6 is 0 Å². The van der Waals surface area contributed by atoms with Gasteiger partial charge in [-0.05, 0) is 38.8 Å². The van der Waals surface area contributed by atoms with Crippen molar-refractivity contribution in [2.45, 2.75) is 44.9 Å². The zero-order valence-electron chi connectivity index (χ0n) is 19.0. The smallest absolute Gasteiger partial charge is 0.228 e. The highest BCUT2D eigenvalue weighted by Crippen LogP contribution is 2.36. The lowest BCUT2D eigenvalue weighted by molar-refractivity contribution is 0.0392. The van der Waals surface area contributed by atoms with Crippen LogP contribution in [0.4, 0.5) is 14.7 Å². The summed E-state index contributed by atoms with van der Waals surface area (Å²) in [6.07, 6.45) is 7.90. The van der Waals surface area contributed by atoms with E-state index in [4.69, 9.17) is 14.7 Å². The van der Waals surface area contributed by atoms with Crippen molar-refractivity contribution in [3.63, 3.8) is 0 Å². The average molecular weight is 466 g/mol. The number of halogens is 2. The predicted octanol–water partition coefficient (Wildman–Crippen LogP) is 4.46. The van der Waals surface area contributed by atoms with Crippen LogP contribution in [0.5, 0.6) is 0 Å². The lowest BCUT2D eigenvalue weighted by Crippen LogP contribution is -2.39. The summed E-state index contributed by atoms with van der Waals surface area (Å²) in [5.41, 5.74) is 2.11. The van der Waals surface area contributed by atoms with Crippen molar-refractivity contribution in [2.24, 2.45) is 0 Å². The molecule has 34 heavy (non-hydrogen) atoms. The van der Waals surface area contributed by atoms with E-state index < -0.39 is 11.6 Å². The van der Waals surface area contributed by atoms with Crippen LogP contribution in [0.2, 0.25) is 0 Å². The molecule has 1 saturated carbocycles. The quantitative estimate of drug-likeness (QED) is 0.433. The highest BCUT2D eigenvalue weighted by Gasteiger charge is 2.29. The summed E-state index contributed by atoms with van der Waals surface area (Å²) in [5.74, 6) is -0.855. The van der Waals surface area contributed by atoms with Gasteiger partial charge in [-0.1, -0.05) is 0 Å². The molecular formula is C24H25F2N7O. The maximum absolute atomic E-state index is 14.8. The van der Waals surface area contributed by atoms with Gasteiger partial charge in [-0.3, -0.25) is 9.36 Å². The highest BCUT2D eigenvalue weighted by molar-refractivity contribution is 5.91. The van der Waals surface area contributed by atoms with Gasteiger partial charge in [0.1, 0.15) is 17.7 Å². The third-order valence-electron chi connectivity index (χ3n) is 6.36. The van der Waals surface area contributed by atoms with Crippen LogP contribution in [0.15, 0.2) is 36.8 Å². The van der Waals surface area contributed by atoms with Crippen LogP contribution in [-0.4, -0.2) is 49.2 Å². The molecule has 4 aromatic rings. The molecule has 1 saturated heterocycles. The molecular weight excluding hydrogens is 440 g/mol. The molecule has 1 aliphatic heterocycles. The Hall–Kier alpha value is -3.40. The van der Waals surface area contributed by atoms with Gasteiger partial charge >= 0.3 is 0 Å². The lowest BCUT2D eigenvalue weighted by atomic mass is 10.1. The zero-order chi connectivity index (χ0) is 23.4. The minimum absolute atomic E-state index is 0.0966. The fourth-order valence-electron chi connectivity index (χ4n) is 4.29. The number of anilines is 1. The average Bonchev–Trinajstić information content (AvgIpc) is 3.38. The lowest BCUT2D eigenvalue weighted by Gasteiger charge is -2.32. The van der Waals surface area contributed by atoms with Crippen LogP contribution in [0.25, 0.3) is 22.3 Å². The van der Waals surface area contributed by atoms with Crippen LogP contribution in [0.1, 0.15) is 50.4 Å². The Morgan fingerprint density at radius 1 is 1.12 bits per heavy atom. The molecule has 0 amide bonds. The largest absolute Gasteiger partial charge is 0.370 e. The van der Waals surface area contributed by atoms with Crippen molar-refractivity contribution in [3.05, 3.63) is 54.0 Å². The Labute approximate surface area is 195 Å². The number of fused-ring (bicyclic) bond motifs is 1. The molecule has 2 fully saturated rings. The molecule has 6 rings (SSSR count). The number of ether oxygens (including phenoxy) is 1. The van der Waals surface area contributed by atoms with Gasteiger partial charge in [0.2, 0.25) is 5.95 Å². The van der Waals surface area contributed by atoms with Gasteiger partial charge in [-0.25, -0.2) is 13.8 Å². The van der Waals surface area contributed by atoms with E-state index in [2.05, 4.69) is 16.4 Å². The topological polar surface area (TPSA) is 73.9 Å². The standard InChI is InChI=1S/C24H25F2N7O/c1-14(2)32-12-19-22(18-6-3-16(25)9-20(18)26)28-24(29-23(19)30-32)31-7-8-34-21(13-31)15-10-27-33(11-15)17-4-5-17/h3,6,9-12,14,17,21H,4-5,7-8,13H2,1-2H3. The highest BCUT2D eigenvalue weighted by atomic mass is 19.1. The molecule has 2 aliphatic rings. The number of hydrogen-bond donors (Lipinski definition) is 0. The summed E-state index contributed by atoms with van der Waals surface area (Å²) in [6, 6.07) is 4.12. The Morgan fingerprint density at radius 2 is 1.97 bits per heavy atom. The minimum Gasteiger partial charge on any atom is -0.370 e. The van der Waals surface area contributed by atoms with Crippen molar-refractivity contribution >= 4 is 17.0 Å². The maximum atomic E-state index is 14.8. The van der Waals surface area contributed by atoms with Crippen LogP contribution in [0.3, 0.4) is 0 Å². The van der Waals surface area contributed by atoms with Gasteiger partial charge in [-0.2, -0.15) is 15.2 Å². The Kier molecular flexibility index (Phi) is 5.05. The molecule has 0 radical (unpaired) electrons. The van der Waals surface area contributed by atoms with Crippen molar-refractivity contribution in [3.8, 4) is 11.3 Å². The Bertz CT molecular complexity index is 1360. The van der Waals surface area contributed by atoms with Gasteiger partial charge in [0.15, 0.2) is 5.65 Å². The van der Waals surface area contributed by atoms with E-state index in [0.717, 1.165) is 11.6 Å². The first-order valence-electron chi connectivity index (χ1n) is 11.6. The van der Waals surface area contributed by atoms with E-state index >= 15 is 0 Å². The third kappa shape index (κ3) is 3.81. The monoisotopic (exact) mass is 465 g/mol. The summed E-state index contributed by atoms with van der Waals surface area (Å²) in [6.45, 7) is 5.65. The van der Waals surface area contributed by atoms with Gasteiger partial charge in [0, 0.05) is 42.2 Å². The first-order chi connectivity index (χ1) is 16.5. The van der Waals surface area contributed by atoms with E-state index in [-0.39, 0.29) is 17.7 Å². The van der Waals surface area contributed by atoms with Crippen LogP contribution in [-0.2, 0) is 4.74 Å². The molecule has 176 valence electrons. The number of aromatic nitrogens is 6. The number of hydrogen-bond acceptors (Lipinski definition) is 6. The van der Waals surface area contributed by atoms with E-state index in [1.54, 1.807) is 4.68 Å². The van der Waals surface area contributed by atoms with Crippen molar-refractivity contribution in [1.82, 2.24) is 29.5 Å². The molecule has 1 aromatic carbocycles. The van der Waals surface area contributed by atoms with Crippen molar-refractivity contribution in [2.75, 3.05) is 24.6 Å². The van der Waals surface area contributed by atoms with Gasteiger partial charge in [-0.15, -0.1) is 0 Å². The first-order valence-corrected chi connectivity index (χ1v) is 11.6. The van der Waals surface area contributed by atoms with E-state index in [9.17, 15) is 8.78 Å². The molecule has 1 unspecified atom stereocenters. The van der Waals surface area contributed by atoms with Gasteiger partial charge < -0.3 is 9.64 Å². The van der Waals surface area contributed by atoms with Crippen molar-refractivity contribution < 1.29 is 13.5 Å². The molecule has 0 spiro atoms. The molecule has 1 aliphatic carbocycles. The zero-order valence-corrected chi connectivity index (χ0v) is 19.0. The Morgan fingerprint density at radius 3 is 2.74 bits per heavy atom. The minimum atomic E-state index is -0.671. The maximum Gasteiger partial charge on any atom is 0.228 e. The molecule has 4 heterocycles. The summed E-state index contributed by atoms with van der Waals surface area (Å²) >= 11 is 0. The summed E-state index contributed by atoms with van der Waals surface area (Å²) in [5, 5.41) is 9.71. The molecule has 1 atom stereocenters. The number of benzene rings is 1. The van der Waals surface area contributed by atoms with Gasteiger partial charge in [0.25, 0.3) is 0 Å². The van der Waals surface area contributed by atoms with E-state index in [1.807, 2.05) is 35.8 Å². The molecule has 8 nitrogen and oxygen atoms in total. The molecule has 0 N–H and O–H groups in total. The van der Waals surface area contributed by atoms with E-state index in [0.29, 0.717) is 48.4 Å². The Balaban J connectivity index is 1.39. The van der Waals surface area contributed by atoms with Gasteiger partial charge in [0.05, 0.1) is 36.5 Å². The summed E-state index contributed by atoms with van der Waals surface area (Å²) in [4.78, 5) is 11.5.